The van der Waals surface area contributed by atoms with Crippen molar-refractivity contribution in [2.24, 2.45) is 5.16 Å². The van der Waals surface area contributed by atoms with Crippen molar-refractivity contribution in [3.05, 3.63) is 68.7 Å². The maximum atomic E-state index is 10.8. The summed E-state index contributed by atoms with van der Waals surface area (Å²) in [7, 11) is 0. The van der Waals surface area contributed by atoms with Crippen LogP contribution in [0, 0.1) is 10.1 Å². The molecular formula is C14H11BrN2O3. The molecule has 2 rings (SSSR count). The lowest BCUT2D eigenvalue weighted by Crippen LogP contribution is -1.99. The summed E-state index contributed by atoms with van der Waals surface area (Å²) in [6.45, 7) is 1.78. The van der Waals surface area contributed by atoms with Gasteiger partial charge in [0.25, 0.3) is 0 Å². The first-order chi connectivity index (χ1) is 9.58. The van der Waals surface area contributed by atoms with Crippen LogP contribution in [-0.2, 0) is 0 Å². The van der Waals surface area contributed by atoms with E-state index in [1.165, 1.54) is 12.1 Å². The fourth-order valence-electron chi connectivity index (χ4n) is 1.55. The van der Waals surface area contributed by atoms with Gasteiger partial charge in [0.1, 0.15) is 0 Å². The number of hydrogen-bond acceptors (Lipinski definition) is 4. The van der Waals surface area contributed by atoms with E-state index in [-0.39, 0.29) is 11.4 Å². The van der Waals surface area contributed by atoms with Crippen molar-refractivity contribution in [2.45, 2.75) is 6.92 Å². The quantitative estimate of drug-likeness (QED) is 0.479. The second-order valence-electron chi connectivity index (χ2n) is 4.00. The highest BCUT2D eigenvalue weighted by Gasteiger charge is 2.14. The van der Waals surface area contributed by atoms with Gasteiger partial charge in [-0.3, -0.25) is 10.1 Å². The Morgan fingerprint density at radius 3 is 2.50 bits per heavy atom. The van der Waals surface area contributed by atoms with Crippen LogP contribution in [0.1, 0.15) is 12.5 Å². The molecule has 2 aromatic rings. The van der Waals surface area contributed by atoms with Gasteiger partial charge in [-0.2, -0.15) is 0 Å². The third-order valence-corrected chi connectivity index (χ3v) is 3.13. The molecule has 0 atom stereocenters. The molecule has 2 aromatic carbocycles. The van der Waals surface area contributed by atoms with Crippen LogP contribution in [0.3, 0.4) is 0 Å². The number of para-hydroxylation sites is 2. The summed E-state index contributed by atoms with van der Waals surface area (Å²) in [5, 5.41) is 14.8. The van der Waals surface area contributed by atoms with Crippen molar-refractivity contribution in [2.75, 3.05) is 0 Å². The van der Waals surface area contributed by atoms with Gasteiger partial charge in [0.15, 0.2) is 0 Å². The normalized spacial score (nSPS) is 11.2. The summed E-state index contributed by atoms with van der Waals surface area (Å²) in [4.78, 5) is 15.5. The van der Waals surface area contributed by atoms with Crippen molar-refractivity contribution in [1.82, 2.24) is 0 Å². The van der Waals surface area contributed by atoms with E-state index in [9.17, 15) is 10.1 Å². The van der Waals surface area contributed by atoms with Crippen molar-refractivity contribution < 1.29 is 9.76 Å². The first-order valence-electron chi connectivity index (χ1n) is 5.79. The third-order valence-electron chi connectivity index (χ3n) is 2.60. The molecule has 0 aromatic heterocycles. The average molecular weight is 335 g/mol. The number of nitro benzene ring substituents is 1. The first kappa shape index (κ1) is 14.2. The van der Waals surface area contributed by atoms with E-state index in [2.05, 4.69) is 21.1 Å². The van der Waals surface area contributed by atoms with Crippen LogP contribution in [0.5, 0.6) is 5.75 Å². The van der Waals surface area contributed by atoms with Crippen LogP contribution in [0.15, 0.2) is 58.2 Å². The van der Waals surface area contributed by atoms with Crippen molar-refractivity contribution in [3.63, 3.8) is 0 Å². The summed E-state index contributed by atoms with van der Waals surface area (Å²) < 4.78 is 0.966. The molecule has 0 amide bonds. The fraction of sp³-hybridized carbons (Fsp3) is 0.0714. The fourth-order valence-corrected chi connectivity index (χ4v) is 1.81. The van der Waals surface area contributed by atoms with E-state index in [4.69, 9.17) is 4.84 Å². The van der Waals surface area contributed by atoms with Crippen LogP contribution in [0.2, 0.25) is 0 Å². The van der Waals surface area contributed by atoms with Gasteiger partial charge in [-0.05, 0) is 30.7 Å². The number of nitrogens with zero attached hydrogens (tertiary/aromatic N) is 2. The maximum Gasteiger partial charge on any atom is 0.314 e. The van der Waals surface area contributed by atoms with E-state index in [1.54, 1.807) is 19.1 Å². The monoisotopic (exact) mass is 334 g/mol. The van der Waals surface area contributed by atoms with Crippen LogP contribution in [0.4, 0.5) is 5.69 Å². The van der Waals surface area contributed by atoms with E-state index in [0.29, 0.717) is 5.71 Å². The minimum absolute atomic E-state index is 0.111. The summed E-state index contributed by atoms with van der Waals surface area (Å²) in [6, 6.07) is 13.7. The van der Waals surface area contributed by atoms with Gasteiger partial charge in [-0.25, -0.2) is 0 Å². The minimum atomic E-state index is -0.500. The lowest BCUT2D eigenvalue weighted by atomic mass is 10.1. The summed E-state index contributed by atoms with van der Waals surface area (Å²) in [5.74, 6) is 0.119. The Morgan fingerprint density at radius 2 is 1.85 bits per heavy atom. The van der Waals surface area contributed by atoms with Gasteiger partial charge in [0, 0.05) is 10.5 Å². The Morgan fingerprint density at radius 1 is 1.20 bits per heavy atom. The van der Waals surface area contributed by atoms with Gasteiger partial charge in [-0.1, -0.05) is 45.4 Å². The predicted molar refractivity (Wildman–Crippen MR) is 80.1 cm³/mol. The Kier molecular flexibility index (Phi) is 4.47. The molecule has 0 radical (unpaired) electrons. The van der Waals surface area contributed by atoms with Crippen molar-refractivity contribution in [3.8, 4) is 5.75 Å². The van der Waals surface area contributed by atoms with E-state index in [1.807, 2.05) is 24.3 Å². The van der Waals surface area contributed by atoms with E-state index < -0.39 is 4.92 Å². The van der Waals surface area contributed by atoms with Gasteiger partial charge in [-0.15, -0.1) is 0 Å². The molecule has 0 aliphatic rings. The lowest BCUT2D eigenvalue weighted by Gasteiger charge is -2.03. The zero-order valence-electron chi connectivity index (χ0n) is 10.6. The molecule has 0 saturated heterocycles. The maximum absolute atomic E-state index is 10.8. The number of halogens is 1. The van der Waals surface area contributed by atoms with Crippen LogP contribution in [-0.4, -0.2) is 10.6 Å². The molecule has 102 valence electrons. The smallest absolute Gasteiger partial charge is 0.314 e. The number of nitro groups is 1. The Bertz CT molecular complexity index is 654. The Hall–Kier alpha value is -2.21. The van der Waals surface area contributed by atoms with Crippen molar-refractivity contribution in [1.29, 1.82) is 0 Å². The van der Waals surface area contributed by atoms with Gasteiger partial charge >= 0.3 is 5.69 Å². The van der Waals surface area contributed by atoms with Crippen molar-refractivity contribution >= 4 is 27.3 Å². The topological polar surface area (TPSA) is 64.7 Å². The lowest BCUT2D eigenvalue weighted by molar-refractivity contribution is -0.385. The van der Waals surface area contributed by atoms with Gasteiger partial charge in [0.05, 0.1) is 10.6 Å². The molecule has 0 aliphatic carbocycles. The number of oxime groups is 1. The van der Waals surface area contributed by atoms with Gasteiger partial charge in [0.2, 0.25) is 5.75 Å². The summed E-state index contributed by atoms with van der Waals surface area (Å²) in [6.07, 6.45) is 0. The Balaban J connectivity index is 2.21. The molecule has 20 heavy (non-hydrogen) atoms. The molecule has 0 unspecified atom stereocenters. The highest BCUT2D eigenvalue weighted by molar-refractivity contribution is 9.10. The summed E-state index contributed by atoms with van der Waals surface area (Å²) >= 11 is 3.35. The predicted octanol–water partition coefficient (Wildman–Crippen LogP) is 4.16. The molecule has 0 spiro atoms. The highest BCUT2D eigenvalue weighted by atomic mass is 79.9. The van der Waals surface area contributed by atoms with E-state index >= 15 is 0 Å². The Labute approximate surface area is 124 Å². The highest BCUT2D eigenvalue weighted by Crippen LogP contribution is 2.26. The van der Waals surface area contributed by atoms with Crippen LogP contribution in [0.25, 0.3) is 0 Å². The number of hydrogen-bond donors (Lipinski definition) is 0. The van der Waals surface area contributed by atoms with Gasteiger partial charge < -0.3 is 4.84 Å². The zero-order valence-corrected chi connectivity index (χ0v) is 12.2. The number of benzene rings is 2. The molecule has 0 fully saturated rings. The molecule has 0 saturated carbocycles. The summed E-state index contributed by atoms with van der Waals surface area (Å²) in [5.41, 5.74) is 1.40. The molecular weight excluding hydrogens is 324 g/mol. The number of rotatable bonds is 4. The second kappa shape index (κ2) is 6.29. The third kappa shape index (κ3) is 3.42. The molecule has 0 heterocycles. The molecule has 0 aliphatic heterocycles. The van der Waals surface area contributed by atoms with Crippen LogP contribution < -0.4 is 4.84 Å². The molecule has 0 bridgehead atoms. The largest absolute Gasteiger partial charge is 0.349 e. The molecule has 5 nitrogen and oxygen atoms in total. The minimum Gasteiger partial charge on any atom is -0.349 e. The molecule has 0 N–H and O–H groups in total. The zero-order chi connectivity index (χ0) is 14.5. The SMILES string of the molecule is C/C(=N\Oc1ccccc1[N+](=O)[O-])c1ccc(Br)cc1. The molecule has 6 heteroatoms. The van der Waals surface area contributed by atoms with Crippen LogP contribution >= 0.6 is 15.9 Å². The first-order valence-corrected chi connectivity index (χ1v) is 6.58. The second-order valence-corrected chi connectivity index (χ2v) is 4.92. The van der Waals surface area contributed by atoms with E-state index in [0.717, 1.165) is 10.0 Å². The standard InChI is InChI=1S/C14H11BrN2O3/c1-10(11-6-8-12(15)9-7-11)16-20-14-5-3-2-4-13(14)17(18)19/h2-9H,1H3/b16-10+. The average Bonchev–Trinajstić information content (AvgIpc) is 2.45.